The van der Waals surface area contributed by atoms with Crippen LogP contribution < -0.4 is 5.46 Å². The molecule has 0 bridgehead atoms. The third kappa shape index (κ3) is 2.68. The smallest absolute Gasteiger partial charge is 0.227 e. The van der Waals surface area contributed by atoms with Gasteiger partial charge in [0.25, 0.3) is 0 Å². The molecule has 2 heterocycles. The van der Waals surface area contributed by atoms with Gasteiger partial charge in [0.05, 0.1) is 11.2 Å². The van der Waals surface area contributed by atoms with E-state index in [1.807, 2.05) is 42.5 Å². The number of benzene rings is 3. The lowest BCUT2D eigenvalue weighted by Gasteiger charge is -2.12. The average molecular weight is 384 g/mol. The molecule has 2 aromatic heterocycles. The lowest BCUT2D eigenvalue weighted by molar-refractivity contribution is 0.620. The van der Waals surface area contributed by atoms with Crippen molar-refractivity contribution >= 4 is 51.7 Å². The van der Waals surface area contributed by atoms with Crippen LogP contribution in [0.2, 0.25) is 0 Å². The summed E-state index contributed by atoms with van der Waals surface area (Å²) in [5.74, 6) is 0.594. The van der Waals surface area contributed by atoms with E-state index in [0.29, 0.717) is 5.89 Å². The molecule has 0 saturated heterocycles. The molecule has 6 rings (SSSR count). The second-order valence-electron chi connectivity index (χ2n) is 7.59. The minimum Gasteiger partial charge on any atom is -0.436 e. The highest BCUT2D eigenvalue weighted by Crippen LogP contribution is 2.37. The molecule has 3 aromatic carbocycles. The van der Waals surface area contributed by atoms with Crippen LogP contribution in [-0.4, -0.2) is 17.8 Å². The first-order chi connectivity index (χ1) is 14.8. The van der Waals surface area contributed by atoms with Crippen LogP contribution in [-0.2, 0) is 0 Å². The van der Waals surface area contributed by atoms with Crippen molar-refractivity contribution < 1.29 is 4.42 Å². The fourth-order valence-electron chi connectivity index (χ4n) is 4.19. The topological polar surface area (TPSA) is 38.9 Å². The summed E-state index contributed by atoms with van der Waals surface area (Å²) in [6, 6.07) is 19.9. The van der Waals surface area contributed by atoms with Crippen molar-refractivity contribution in [2.45, 2.75) is 12.8 Å². The van der Waals surface area contributed by atoms with Gasteiger partial charge in [0.15, 0.2) is 5.58 Å². The van der Waals surface area contributed by atoms with Crippen LogP contribution in [0.4, 0.5) is 0 Å². The van der Waals surface area contributed by atoms with Gasteiger partial charge in [0, 0.05) is 21.7 Å². The first-order valence-electron chi connectivity index (χ1n) is 10.1. The van der Waals surface area contributed by atoms with Crippen molar-refractivity contribution in [1.29, 1.82) is 0 Å². The largest absolute Gasteiger partial charge is 0.436 e. The van der Waals surface area contributed by atoms with Crippen LogP contribution >= 0.6 is 0 Å². The summed E-state index contributed by atoms with van der Waals surface area (Å²) in [6.45, 7) is 0. The Labute approximate surface area is 175 Å². The Bertz CT molecular complexity index is 1490. The summed E-state index contributed by atoms with van der Waals surface area (Å²) < 4.78 is 6.14. The van der Waals surface area contributed by atoms with Gasteiger partial charge in [-0.25, -0.2) is 9.97 Å². The van der Waals surface area contributed by atoms with Crippen molar-refractivity contribution in [1.82, 2.24) is 9.97 Å². The maximum atomic E-state index is 6.14. The molecule has 5 aromatic rings. The van der Waals surface area contributed by atoms with E-state index < -0.39 is 0 Å². The molecule has 0 spiro atoms. The Morgan fingerprint density at radius 3 is 2.53 bits per heavy atom. The minimum absolute atomic E-state index is 0.594. The zero-order chi connectivity index (χ0) is 20.1. The summed E-state index contributed by atoms with van der Waals surface area (Å²) >= 11 is 0. The fourth-order valence-corrected chi connectivity index (χ4v) is 4.19. The Balaban J connectivity index is 1.70. The molecule has 0 atom stereocenters. The minimum atomic E-state index is 0.594. The predicted octanol–water partition coefficient (Wildman–Crippen LogP) is 5.72. The average Bonchev–Trinajstić information content (AvgIpc) is 3.24. The van der Waals surface area contributed by atoms with E-state index in [1.165, 1.54) is 5.57 Å². The standard InChI is InChI=1S/C26H17BN2O/c27-18-12-10-17(11-13-18)26-29-25-22(30-26)15-14-20-23(25)19-8-4-5-9-21(19)28-24(20)16-6-2-1-3-7-16/h2,4-15H,1,3H2. The summed E-state index contributed by atoms with van der Waals surface area (Å²) in [7, 11) is 5.84. The van der Waals surface area contributed by atoms with Gasteiger partial charge >= 0.3 is 0 Å². The number of para-hydroxylation sites is 1. The molecule has 3 nitrogen and oxygen atoms in total. The summed E-state index contributed by atoms with van der Waals surface area (Å²) in [5.41, 5.74) is 6.38. The molecule has 2 radical (unpaired) electrons. The van der Waals surface area contributed by atoms with Crippen LogP contribution in [0.1, 0.15) is 18.5 Å². The first kappa shape index (κ1) is 17.2. The van der Waals surface area contributed by atoms with E-state index >= 15 is 0 Å². The third-order valence-electron chi connectivity index (χ3n) is 5.65. The fraction of sp³-hybridized carbons (Fsp3) is 0.0769. The molecule has 1 aliphatic carbocycles. The molecule has 30 heavy (non-hydrogen) atoms. The van der Waals surface area contributed by atoms with Crippen molar-refractivity contribution in [2.24, 2.45) is 0 Å². The van der Waals surface area contributed by atoms with E-state index in [-0.39, 0.29) is 0 Å². The monoisotopic (exact) mass is 384 g/mol. The van der Waals surface area contributed by atoms with Gasteiger partial charge in [-0.1, -0.05) is 66.2 Å². The molecular weight excluding hydrogens is 367 g/mol. The van der Waals surface area contributed by atoms with Gasteiger partial charge in [-0.15, -0.1) is 0 Å². The van der Waals surface area contributed by atoms with E-state index in [1.54, 1.807) is 0 Å². The van der Waals surface area contributed by atoms with E-state index in [0.717, 1.165) is 62.3 Å². The Morgan fingerprint density at radius 1 is 0.833 bits per heavy atom. The predicted molar refractivity (Wildman–Crippen MR) is 124 cm³/mol. The molecular formula is C26H17BN2O. The third-order valence-corrected chi connectivity index (χ3v) is 5.65. The van der Waals surface area contributed by atoms with Gasteiger partial charge in [-0.05, 0) is 36.6 Å². The summed E-state index contributed by atoms with van der Waals surface area (Å²) in [6.07, 6.45) is 8.77. The molecule has 0 N–H and O–H groups in total. The van der Waals surface area contributed by atoms with Gasteiger partial charge in [-0.3, -0.25) is 0 Å². The van der Waals surface area contributed by atoms with Crippen molar-refractivity contribution in [3.8, 4) is 11.5 Å². The van der Waals surface area contributed by atoms with Crippen LogP contribution in [0, 0.1) is 0 Å². The highest BCUT2D eigenvalue weighted by atomic mass is 16.3. The Hall–Kier alpha value is -3.66. The second-order valence-corrected chi connectivity index (χ2v) is 7.59. The van der Waals surface area contributed by atoms with Crippen LogP contribution in [0.3, 0.4) is 0 Å². The number of aromatic nitrogens is 2. The molecule has 4 heteroatoms. The highest BCUT2D eigenvalue weighted by molar-refractivity contribution is 6.32. The normalized spacial score (nSPS) is 13.9. The lowest BCUT2D eigenvalue weighted by atomic mass is 9.95. The SMILES string of the molecule is [B]c1ccc(-c2nc3c(ccc4c(C5=CCCC=C5)nc5ccccc5c43)o2)cc1. The maximum absolute atomic E-state index is 6.14. The molecule has 1 aliphatic rings. The lowest BCUT2D eigenvalue weighted by Crippen LogP contribution is -1.99. The summed E-state index contributed by atoms with van der Waals surface area (Å²) in [4.78, 5) is 9.92. The zero-order valence-corrected chi connectivity index (χ0v) is 16.3. The molecule has 0 amide bonds. The van der Waals surface area contributed by atoms with Crippen LogP contribution in [0.5, 0.6) is 0 Å². The first-order valence-corrected chi connectivity index (χ1v) is 10.1. The highest BCUT2D eigenvalue weighted by Gasteiger charge is 2.17. The molecule has 0 aliphatic heterocycles. The van der Waals surface area contributed by atoms with Crippen LogP contribution in [0.25, 0.3) is 49.8 Å². The number of allylic oxidation sites excluding steroid dienone is 4. The number of pyridine rings is 1. The number of oxazole rings is 1. The molecule has 0 saturated carbocycles. The van der Waals surface area contributed by atoms with E-state index in [2.05, 4.69) is 36.4 Å². The molecule has 0 unspecified atom stereocenters. The van der Waals surface area contributed by atoms with E-state index in [9.17, 15) is 0 Å². The van der Waals surface area contributed by atoms with Gasteiger partial charge in [0.1, 0.15) is 13.4 Å². The quantitative estimate of drug-likeness (QED) is 0.289. The van der Waals surface area contributed by atoms with Crippen molar-refractivity contribution in [2.75, 3.05) is 0 Å². The van der Waals surface area contributed by atoms with Crippen LogP contribution in [0.15, 0.2) is 83.3 Å². The maximum Gasteiger partial charge on any atom is 0.227 e. The number of hydrogen-bond acceptors (Lipinski definition) is 3. The van der Waals surface area contributed by atoms with Crippen molar-refractivity contribution in [3.63, 3.8) is 0 Å². The summed E-state index contributed by atoms with van der Waals surface area (Å²) in [5, 5.41) is 3.26. The molecule has 140 valence electrons. The number of rotatable bonds is 2. The van der Waals surface area contributed by atoms with Crippen molar-refractivity contribution in [3.05, 3.63) is 84.6 Å². The van der Waals surface area contributed by atoms with Gasteiger partial charge < -0.3 is 4.42 Å². The van der Waals surface area contributed by atoms with E-state index in [4.69, 9.17) is 22.2 Å². The van der Waals surface area contributed by atoms with Gasteiger partial charge in [-0.2, -0.15) is 0 Å². The number of hydrogen-bond donors (Lipinski definition) is 0. The van der Waals surface area contributed by atoms with Gasteiger partial charge in [0.2, 0.25) is 5.89 Å². The second kappa shape index (κ2) is 6.70. The Kier molecular flexibility index (Phi) is 3.85. The number of nitrogens with zero attached hydrogens (tertiary/aromatic N) is 2. The number of fused-ring (bicyclic) bond motifs is 5. The zero-order valence-electron chi connectivity index (χ0n) is 16.3. The molecule has 0 fully saturated rings. The Morgan fingerprint density at radius 2 is 1.70 bits per heavy atom.